The summed E-state index contributed by atoms with van der Waals surface area (Å²) in [5, 5.41) is 3.74. The Hall–Kier alpha value is -1.44. The second-order valence-electron chi connectivity index (χ2n) is 4.53. The van der Waals surface area contributed by atoms with Crippen LogP contribution in [0.1, 0.15) is 10.4 Å². The third-order valence-corrected chi connectivity index (χ3v) is 3.86. The Kier molecular flexibility index (Phi) is 5.51. The summed E-state index contributed by atoms with van der Waals surface area (Å²) < 4.78 is 5.14. The number of nitrogens with two attached hydrogens (primary N) is 1. The highest BCUT2D eigenvalue weighted by molar-refractivity contribution is 7.08. The molecule has 110 valence electrons. The molecular formula is C13H19N3O3S. The van der Waals surface area contributed by atoms with E-state index in [1.54, 1.807) is 9.80 Å². The lowest BCUT2D eigenvalue weighted by molar-refractivity contribution is -0.137. The van der Waals surface area contributed by atoms with E-state index in [0.717, 1.165) is 5.56 Å². The maximum absolute atomic E-state index is 12.1. The quantitative estimate of drug-likeness (QED) is 0.777. The summed E-state index contributed by atoms with van der Waals surface area (Å²) >= 11 is 1.51. The molecule has 1 saturated heterocycles. The second-order valence-corrected chi connectivity index (χ2v) is 5.31. The number of amides is 2. The van der Waals surface area contributed by atoms with E-state index < -0.39 is 0 Å². The minimum atomic E-state index is -0.0407. The van der Waals surface area contributed by atoms with Crippen LogP contribution < -0.4 is 5.73 Å². The van der Waals surface area contributed by atoms with Gasteiger partial charge in [0.2, 0.25) is 5.91 Å². The number of hydrogen-bond donors (Lipinski definition) is 1. The molecule has 0 bridgehead atoms. The molecule has 1 aromatic heterocycles. The van der Waals surface area contributed by atoms with Gasteiger partial charge < -0.3 is 20.3 Å². The zero-order valence-electron chi connectivity index (χ0n) is 11.3. The Labute approximate surface area is 122 Å². The molecule has 0 atom stereocenters. The van der Waals surface area contributed by atoms with E-state index >= 15 is 0 Å². The molecule has 2 amide bonds. The molecule has 6 nitrogen and oxygen atoms in total. The molecule has 0 unspecified atom stereocenters. The third-order valence-electron chi connectivity index (χ3n) is 3.18. The summed E-state index contributed by atoms with van der Waals surface area (Å²) in [4.78, 5) is 27.5. The van der Waals surface area contributed by atoms with Crippen LogP contribution in [0.15, 0.2) is 16.8 Å². The average molecular weight is 297 g/mol. The fourth-order valence-corrected chi connectivity index (χ4v) is 2.69. The number of nitrogens with zero attached hydrogens (tertiary/aromatic N) is 2. The van der Waals surface area contributed by atoms with Crippen LogP contribution in [0.25, 0.3) is 0 Å². The second kappa shape index (κ2) is 7.37. The Morgan fingerprint density at radius 2 is 1.95 bits per heavy atom. The van der Waals surface area contributed by atoms with Gasteiger partial charge in [0.15, 0.2) is 0 Å². The molecule has 2 N–H and O–H groups in total. The van der Waals surface area contributed by atoms with Gasteiger partial charge in [0.25, 0.3) is 5.91 Å². The molecule has 1 aliphatic heterocycles. The summed E-state index contributed by atoms with van der Waals surface area (Å²) in [5.74, 6) is -0.00110. The first-order valence-corrected chi connectivity index (χ1v) is 7.53. The standard InChI is InChI=1S/C13H19N3O3S/c14-2-7-19-9-12(17)15-3-5-16(6-4-15)13(18)11-1-8-20-10-11/h1,8,10H,2-7,9,14H2. The molecule has 0 aromatic carbocycles. The Bertz CT molecular complexity index is 442. The van der Waals surface area contributed by atoms with Crippen molar-refractivity contribution in [2.75, 3.05) is 45.9 Å². The first kappa shape index (κ1) is 15.0. The minimum absolute atomic E-state index is 0.0396. The van der Waals surface area contributed by atoms with Crippen molar-refractivity contribution in [3.05, 3.63) is 22.4 Å². The minimum Gasteiger partial charge on any atom is -0.370 e. The number of hydrogen-bond acceptors (Lipinski definition) is 5. The SMILES string of the molecule is NCCOCC(=O)N1CCN(C(=O)c2ccsc2)CC1. The number of ether oxygens (including phenoxy) is 1. The van der Waals surface area contributed by atoms with Gasteiger partial charge in [0.1, 0.15) is 6.61 Å². The zero-order chi connectivity index (χ0) is 14.4. The lowest BCUT2D eigenvalue weighted by Gasteiger charge is -2.34. The van der Waals surface area contributed by atoms with E-state index in [1.807, 2.05) is 16.8 Å². The van der Waals surface area contributed by atoms with Crippen molar-refractivity contribution in [3.8, 4) is 0 Å². The van der Waals surface area contributed by atoms with Crippen molar-refractivity contribution in [2.45, 2.75) is 0 Å². The van der Waals surface area contributed by atoms with Gasteiger partial charge in [-0.1, -0.05) is 0 Å². The fraction of sp³-hybridized carbons (Fsp3) is 0.538. The summed E-state index contributed by atoms with van der Waals surface area (Å²) in [6, 6.07) is 1.82. The largest absolute Gasteiger partial charge is 0.370 e. The molecule has 1 aromatic rings. The van der Waals surface area contributed by atoms with Crippen LogP contribution in [0.5, 0.6) is 0 Å². The first-order valence-electron chi connectivity index (χ1n) is 6.59. The summed E-state index contributed by atoms with van der Waals surface area (Å²) in [7, 11) is 0. The molecule has 0 saturated carbocycles. The van der Waals surface area contributed by atoms with Crippen molar-refractivity contribution in [3.63, 3.8) is 0 Å². The highest BCUT2D eigenvalue weighted by Gasteiger charge is 2.24. The van der Waals surface area contributed by atoms with E-state index in [2.05, 4.69) is 0 Å². The number of thiophene rings is 1. The van der Waals surface area contributed by atoms with Gasteiger partial charge in [-0.25, -0.2) is 0 Å². The highest BCUT2D eigenvalue weighted by Crippen LogP contribution is 2.12. The summed E-state index contributed by atoms with van der Waals surface area (Å²) in [6.45, 7) is 3.12. The van der Waals surface area contributed by atoms with Gasteiger partial charge in [-0.05, 0) is 11.4 Å². The van der Waals surface area contributed by atoms with Crippen LogP contribution >= 0.6 is 11.3 Å². The molecule has 1 fully saturated rings. The highest BCUT2D eigenvalue weighted by atomic mass is 32.1. The van der Waals surface area contributed by atoms with E-state index in [-0.39, 0.29) is 18.4 Å². The van der Waals surface area contributed by atoms with Crippen LogP contribution in [-0.4, -0.2) is 67.6 Å². The van der Waals surface area contributed by atoms with E-state index in [0.29, 0.717) is 39.3 Å². The Morgan fingerprint density at radius 3 is 2.55 bits per heavy atom. The van der Waals surface area contributed by atoms with Crippen molar-refractivity contribution in [1.29, 1.82) is 0 Å². The molecule has 0 radical (unpaired) electrons. The smallest absolute Gasteiger partial charge is 0.254 e. The van der Waals surface area contributed by atoms with Gasteiger partial charge in [0.05, 0.1) is 12.2 Å². The predicted molar refractivity (Wildman–Crippen MR) is 76.7 cm³/mol. The van der Waals surface area contributed by atoms with E-state index in [9.17, 15) is 9.59 Å². The molecule has 2 heterocycles. The number of piperazine rings is 1. The topological polar surface area (TPSA) is 75.9 Å². The molecule has 7 heteroatoms. The van der Waals surface area contributed by atoms with Crippen LogP contribution in [0.3, 0.4) is 0 Å². The van der Waals surface area contributed by atoms with Crippen LogP contribution in [-0.2, 0) is 9.53 Å². The van der Waals surface area contributed by atoms with E-state index in [1.165, 1.54) is 11.3 Å². The lowest BCUT2D eigenvalue weighted by Crippen LogP contribution is -2.51. The summed E-state index contributed by atoms with van der Waals surface area (Å²) in [6.07, 6.45) is 0. The first-order chi connectivity index (χ1) is 9.72. The van der Waals surface area contributed by atoms with Gasteiger partial charge in [-0.15, -0.1) is 0 Å². The number of rotatable bonds is 5. The third kappa shape index (κ3) is 3.78. The monoisotopic (exact) mass is 297 g/mol. The van der Waals surface area contributed by atoms with Crippen molar-refractivity contribution in [2.24, 2.45) is 5.73 Å². The maximum atomic E-state index is 12.1. The average Bonchev–Trinajstić information content (AvgIpc) is 3.01. The van der Waals surface area contributed by atoms with Crippen molar-refractivity contribution < 1.29 is 14.3 Å². The van der Waals surface area contributed by atoms with Crippen LogP contribution in [0.2, 0.25) is 0 Å². The molecular weight excluding hydrogens is 278 g/mol. The molecule has 1 aliphatic rings. The number of carbonyl (C=O) groups excluding carboxylic acids is 2. The van der Waals surface area contributed by atoms with Crippen LogP contribution in [0.4, 0.5) is 0 Å². The Balaban J connectivity index is 1.77. The van der Waals surface area contributed by atoms with Gasteiger partial charge >= 0.3 is 0 Å². The Morgan fingerprint density at radius 1 is 1.25 bits per heavy atom. The maximum Gasteiger partial charge on any atom is 0.254 e. The predicted octanol–water partition coefficient (Wildman–Crippen LogP) is 0.00780. The van der Waals surface area contributed by atoms with Gasteiger partial charge in [-0.2, -0.15) is 11.3 Å². The molecule has 20 heavy (non-hydrogen) atoms. The molecule has 0 aliphatic carbocycles. The van der Waals surface area contributed by atoms with Crippen molar-refractivity contribution in [1.82, 2.24) is 9.80 Å². The molecule has 2 rings (SSSR count). The van der Waals surface area contributed by atoms with Gasteiger partial charge in [0, 0.05) is 38.1 Å². The van der Waals surface area contributed by atoms with Crippen molar-refractivity contribution >= 4 is 23.2 Å². The fourth-order valence-electron chi connectivity index (χ4n) is 2.06. The lowest BCUT2D eigenvalue weighted by atomic mass is 10.2. The molecule has 0 spiro atoms. The summed E-state index contributed by atoms with van der Waals surface area (Å²) in [5.41, 5.74) is 6.02. The normalized spacial score (nSPS) is 15.4. The van der Waals surface area contributed by atoms with Gasteiger partial charge in [-0.3, -0.25) is 9.59 Å². The zero-order valence-corrected chi connectivity index (χ0v) is 12.1. The van der Waals surface area contributed by atoms with Crippen LogP contribution in [0, 0.1) is 0 Å². The number of carbonyl (C=O) groups is 2. The van der Waals surface area contributed by atoms with E-state index in [4.69, 9.17) is 10.5 Å².